The molecule has 1 atom stereocenters. The first-order valence-electron chi connectivity index (χ1n) is 10.9. The zero-order valence-corrected chi connectivity index (χ0v) is 19.2. The van der Waals surface area contributed by atoms with Gasteiger partial charge in [-0.25, -0.2) is 9.97 Å². The van der Waals surface area contributed by atoms with Crippen LogP contribution in [0.5, 0.6) is 0 Å². The molecule has 1 aromatic carbocycles. The third-order valence-electron chi connectivity index (χ3n) is 5.44. The molecule has 4 rings (SSSR count). The maximum Gasteiger partial charge on any atom is 0.263 e. The standard InChI is InChI=1S/C24H26N6O2S/c1-25-22(31)10-4-2-3-9-19(30-24(32)21-14-26-15-33-21)23-27-13-20(29-23)18-12-11-16-7-5-6-8-17(16)28-18/h5-8,11-15,19H,2-4,9-10H2,1H3,(H,25,31)(H,27,29)(H,30,32)/t19-/m0/s1. The molecule has 33 heavy (non-hydrogen) atoms. The average molecular weight is 463 g/mol. The first-order chi connectivity index (χ1) is 16.1. The molecule has 8 nitrogen and oxygen atoms in total. The van der Waals surface area contributed by atoms with Gasteiger partial charge in [0.25, 0.3) is 5.91 Å². The van der Waals surface area contributed by atoms with Crippen molar-refractivity contribution in [2.75, 3.05) is 7.05 Å². The number of benzene rings is 1. The predicted molar refractivity (Wildman–Crippen MR) is 129 cm³/mol. The number of thiazole rings is 1. The van der Waals surface area contributed by atoms with Crippen molar-refractivity contribution in [3.8, 4) is 11.4 Å². The van der Waals surface area contributed by atoms with E-state index >= 15 is 0 Å². The molecule has 0 bridgehead atoms. The number of hydrogen-bond acceptors (Lipinski definition) is 6. The number of rotatable bonds is 10. The van der Waals surface area contributed by atoms with Gasteiger partial charge in [0.15, 0.2) is 0 Å². The molecule has 0 saturated heterocycles. The van der Waals surface area contributed by atoms with E-state index in [1.54, 1.807) is 25.0 Å². The molecule has 170 valence electrons. The molecular weight excluding hydrogens is 436 g/mol. The van der Waals surface area contributed by atoms with E-state index < -0.39 is 0 Å². The molecule has 3 aromatic heterocycles. The SMILES string of the molecule is CNC(=O)CCCCC[C@H](NC(=O)c1cncs1)c1ncc(-c2ccc3ccccc3n2)[nH]1. The van der Waals surface area contributed by atoms with Crippen LogP contribution in [0.4, 0.5) is 0 Å². The monoisotopic (exact) mass is 462 g/mol. The number of pyridine rings is 1. The summed E-state index contributed by atoms with van der Waals surface area (Å²) in [7, 11) is 1.65. The quantitative estimate of drug-likeness (QED) is 0.305. The van der Waals surface area contributed by atoms with Crippen LogP contribution in [0, 0.1) is 0 Å². The Morgan fingerprint density at radius 1 is 1.09 bits per heavy atom. The van der Waals surface area contributed by atoms with Crippen molar-refractivity contribution in [2.45, 2.75) is 38.1 Å². The third-order valence-corrected chi connectivity index (χ3v) is 6.21. The number of para-hydroxylation sites is 1. The van der Waals surface area contributed by atoms with E-state index in [1.807, 2.05) is 36.4 Å². The summed E-state index contributed by atoms with van der Waals surface area (Å²) in [5.74, 6) is 0.558. The van der Waals surface area contributed by atoms with Gasteiger partial charge in [-0.3, -0.25) is 14.6 Å². The zero-order chi connectivity index (χ0) is 23.0. The maximum absolute atomic E-state index is 12.7. The summed E-state index contributed by atoms with van der Waals surface area (Å²) < 4.78 is 0. The first kappa shape index (κ1) is 22.6. The molecular formula is C24H26N6O2S. The number of unbranched alkanes of at least 4 members (excludes halogenated alkanes) is 2. The van der Waals surface area contributed by atoms with Crippen LogP contribution < -0.4 is 10.6 Å². The Hall–Kier alpha value is -3.59. The number of amides is 2. The third kappa shape index (κ3) is 5.81. The van der Waals surface area contributed by atoms with Gasteiger partial charge in [0.05, 0.1) is 40.9 Å². The number of fused-ring (bicyclic) bond motifs is 1. The van der Waals surface area contributed by atoms with Gasteiger partial charge in [0.2, 0.25) is 5.91 Å². The van der Waals surface area contributed by atoms with E-state index in [0.717, 1.165) is 41.6 Å². The molecule has 4 aromatic rings. The van der Waals surface area contributed by atoms with Crippen molar-refractivity contribution in [3.63, 3.8) is 0 Å². The van der Waals surface area contributed by atoms with Gasteiger partial charge in [-0.05, 0) is 25.0 Å². The number of imidazole rings is 1. The minimum atomic E-state index is -0.284. The van der Waals surface area contributed by atoms with Crippen LogP contribution in [0.3, 0.4) is 0 Å². The molecule has 0 fully saturated rings. The van der Waals surface area contributed by atoms with Gasteiger partial charge in [-0.15, -0.1) is 11.3 Å². The topological polar surface area (TPSA) is 113 Å². The molecule has 2 amide bonds. The molecule has 0 aliphatic carbocycles. The summed E-state index contributed by atoms with van der Waals surface area (Å²) in [5.41, 5.74) is 4.15. The average Bonchev–Trinajstić information content (AvgIpc) is 3.55. The lowest BCUT2D eigenvalue weighted by molar-refractivity contribution is -0.120. The van der Waals surface area contributed by atoms with E-state index in [0.29, 0.717) is 23.5 Å². The normalized spacial score (nSPS) is 11.9. The Morgan fingerprint density at radius 3 is 2.79 bits per heavy atom. The number of nitrogens with zero attached hydrogens (tertiary/aromatic N) is 3. The van der Waals surface area contributed by atoms with E-state index in [1.165, 1.54) is 11.3 Å². The molecule has 3 N–H and O–H groups in total. The Bertz CT molecular complexity index is 1220. The lowest BCUT2D eigenvalue weighted by Crippen LogP contribution is -2.28. The van der Waals surface area contributed by atoms with Gasteiger partial charge < -0.3 is 15.6 Å². The van der Waals surface area contributed by atoms with E-state index in [4.69, 9.17) is 4.98 Å². The number of nitrogens with one attached hydrogen (secondary N) is 3. The largest absolute Gasteiger partial charge is 0.359 e. The number of H-pyrrole nitrogens is 1. The van der Waals surface area contributed by atoms with Crippen molar-refractivity contribution < 1.29 is 9.59 Å². The zero-order valence-electron chi connectivity index (χ0n) is 18.4. The minimum absolute atomic E-state index is 0.0450. The summed E-state index contributed by atoms with van der Waals surface area (Å²) in [6.45, 7) is 0. The van der Waals surface area contributed by atoms with Gasteiger partial charge >= 0.3 is 0 Å². The fraction of sp³-hybridized carbons (Fsp3) is 0.292. The van der Waals surface area contributed by atoms with Crippen LogP contribution in [-0.2, 0) is 4.79 Å². The second-order valence-corrected chi connectivity index (χ2v) is 8.62. The maximum atomic E-state index is 12.7. The molecule has 0 unspecified atom stereocenters. The number of carbonyl (C=O) groups is 2. The minimum Gasteiger partial charge on any atom is -0.359 e. The van der Waals surface area contributed by atoms with Crippen molar-refractivity contribution in [1.82, 2.24) is 30.6 Å². The number of aromatic nitrogens is 4. The lowest BCUT2D eigenvalue weighted by atomic mass is 10.1. The first-order valence-corrected chi connectivity index (χ1v) is 11.8. The predicted octanol–water partition coefficient (Wildman–Crippen LogP) is 4.25. The van der Waals surface area contributed by atoms with Crippen LogP contribution in [0.15, 0.2) is 54.3 Å². The van der Waals surface area contributed by atoms with Crippen molar-refractivity contribution in [1.29, 1.82) is 0 Å². The summed E-state index contributed by atoms with van der Waals surface area (Å²) in [6.07, 6.45) is 7.08. The summed E-state index contributed by atoms with van der Waals surface area (Å²) in [6, 6.07) is 11.7. The lowest BCUT2D eigenvalue weighted by Gasteiger charge is -2.16. The Labute approximate surface area is 195 Å². The molecule has 0 radical (unpaired) electrons. The second kappa shape index (κ2) is 10.8. The van der Waals surface area contributed by atoms with E-state index in [9.17, 15) is 9.59 Å². The highest BCUT2D eigenvalue weighted by atomic mass is 32.1. The van der Waals surface area contributed by atoms with Gasteiger partial charge in [0, 0.05) is 18.9 Å². The summed E-state index contributed by atoms with van der Waals surface area (Å²) >= 11 is 1.30. The van der Waals surface area contributed by atoms with Crippen LogP contribution in [0.1, 0.15) is 53.6 Å². The molecule has 0 saturated carbocycles. The summed E-state index contributed by atoms with van der Waals surface area (Å²) in [4.78, 5) is 41.3. The molecule has 0 aliphatic rings. The molecule has 0 spiro atoms. The van der Waals surface area contributed by atoms with E-state index in [2.05, 4.69) is 25.6 Å². The highest BCUT2D eigenvalue weighted by Gasteiger charge is 2.20. The number of hydrogen-bond donors (Lipinski definition) is 3. The number of aromatic amines is 1. The fourth-order valence-corrected chi connectivity index (χ4v) is 4.15. The molecule has 3 heterocycles. The highest BCUT2D eigenvalue weighted by molar-refractivity contribution is 7.11. The van der Waals surface area contributed by atoms with Crippen LogP contribution in [0.2, 0.25) is 0 Å². The fourth-order valence-electron chi connectivity index (χ4n) is 3.63. The van der Waals surface area contributed by atoms with Gasteiger partial charge in [0.1, 0.15) is 10.7 Å². The smallest absolute Gasteiger partial charge is 0.263 e. The van der Waals surface area contributed by atoms with Crippen molar-refractivity contribution in [3.05, 3.63) is 65.0 Å². The van der Waals surface area contributed by atoms with Crippen LogP contribution in [0.25, 0.3) is 22.3 Å². The second-order valence-electron chi connectivity index (χ2n) is 7.74. The Morgan fingerprint density at radius 2 is 1.97 bits per heavy atom. The summed E-state index contributed by atoms with van der Waals surface area (Å²) in [5, 5.41) is 6.80. The van der Waals surface area contributed by atoms with Gasteiger partial charge in [-0.2, -0.15) is 0 Å². The van der Waals surface area contributed by atoms with Crippen molar-refractivity contribution >= 4 is 34.1 Å². The van der Waals surface area contributed by atoms with Crippen molar-refractivity contribution in [2.24, 2.45) is 0 Å². The number of carbonyl (C=O) groups excluding carboxylic acids is 2. The Kier molecular flexibility index (Phi) is 7.41. The van der Waals surface area contributed by atoms with E-state index in [-0.39, 0.29) is 17.9 Å². The molecule has 0 aliphatic heterocycles. The highest BCUT2D eigenvalue weighted by Crippen LogP contribution is 2.24. The Balaban J connectivity index is 1.48. The van der Waals surface area contributed by atoms with Gasteiger partial charge in [-0.1, -0.05) is 37.1 Å². The van der Waals surface area contributed by atoms with Crippen LogP contribution >= 0.6 is 11.3 Å². The van der Waals surface area contributed by atoms with Crippen LogP contribution in [-0.4, -0.2) is 38.8 Å². The molecule has 9 heteroatoms.